The van der Waals surface area contributed by atoms with Gasteiger partial charge in [0.25, 0.3) is 0 Å². The summed E-state index contributed by atoms with van der Waals surface area (Å²) in [6.07, 6.45) is 3.22. The van der Waals surface area contributed by atoms with Crippen molar-refractivity contribution in [1.29, 1.82) is 0 Å². The zero-order valence-electron chi connectivity index (χ0n) is 9.21. The number of hydrogen-bond acceptors (Lipinski definition) is 3. The van der Waals surface area contributed by atoms with Crippen LogP contribution >= 0.6 is 0 Å². The van der Waals surface area contributed by atoms with Gasteiger partial charge in [0.1, 0.15) is 6.04 Å². The van der Waals surface area contributed by atoms with Crippen molar-refractivity contribution in [1.82, 2.24) is 4.98 Å². The monoisotopic (exact) mass is 227 g/mol. The number of carbonyl (C=O) groups excluding carboxylic acids is 1. The van der Waals surface area contributed by atoms with Crippen molar-refractivity contribution in [2.24, 2.45) is 5.73 Å². The fourth-order valence-corrected chi connectivity index (χ4v) is 1.47. The van der Waals surface area contributed by atoms with Crippen LogP contribution in [0.3, 0.4) is 0 Å². The number of benzene rings is 1. The summed E-state index contributed by atoms with van der Waals surface area (Å²) < 4.78 is 0. The molecule has 0 fully saturated rings. The fourth-order valence-electron chi connectivity index (χ4n) is 1.47. The van der Waals surface area contributed by atoms with Gasteiger partial charge < -0.3 is 11.1 Å². The van der Waals surface area contributed by atoms with Crippen molar-refractivity contribution < 1.29 is 4.79 Å². The molecule has 3 N–H and O–H groups in total. The van der Waals surface area contributed by atoms with Gasteiger partial charge in [-0.1, -0.05) is 30.3 Å². The lowest BCUT2D eigenvalue weighted by molar-refractivity contribution is -0.117. The quantitative estimate of drug-likeness (QED) is 0.838. The van der Waals surface area contributed by atoms with Crippen LogP contribution in [-0.2, 0) is 4.79 Å². The second kappa shape index (κ2) is 5.23. The first-order valence-corrected chi connectivity index (χ1v) is 5.29. The zero-order valence-corrected chi connectivity index (χ0v) is 9.21. The highest BCUT2D eigenvalue weighted by Gasteiger charge is 2.15. The largest absolute Gasteiger partial charge is 0.323 e. The van der Waals surface area contributed by atoms with Gasteiger partial charge >= 0.3 is 0 Å². The molecule has 1 amide bonds. The van der Waals surface area contributed by atoms with E-state index in [1.165, 1.54) is 0 Å². The number of aromatic nitrogens is 1. The summed E-state index contributed by atoms with van der Waals surface area (Å²) in [5.74, 6) is -0.246. The first kappa shape index (κ1) is 11.3. The topological polar surface area (TPSA) is 68.0 Å². The van der Waals surface area contributed by atoms with Crippen LogP contribution < -0.4 is 11.1 Å². The summed E-state index contributed by atoms with van der Waals surface area (Å²) in [5, 5.41) is 2.71. The Morgan fingerprint density at radius 1 is 1.18 bits per heavy atom. The van der Waals surface area contributed by atoms with Crippen molar-refractivity contribution in [2.75, 3.05) is 5.32 Å². The third-order valence-corrected chi connectivity index (χ3v) is 2.37. The molecule has 0 unspecified atom stereocenters. The molecule has 86 valence electrons. The van der Waals surface area contributed by atoms with Crippen LogP contribution in [0.25, 0.3) is 0 Å². The number of carbonyl (C=O) groups is 1. The molecule has 0 aliphatic rings. The Bertz CT molecular complexity index is 485. The first-order chi connectivity index (χ1) is 8.27. The molecule has 0 aliphatic heterocycles. The third kappa shape index (κ3) is 2.89. The summed E-state index contributed by atoms with van der Waals surface area (Å²) in [4.78, 5) is 15.8. The van der Waals surface area contributed by atoms with Crippen LogP contribution in [-0.4, -0.2) is 10.9 Å². The first-order valence-electron chi connectivity index (χ1n) is 5.29. The Morgan fingerprint density at radius 3 is 2.59 bits per heavy atom. The average Bonchev–Trinajstić information content (AvgIpc) is 2.40. The normalized spacial score (nSPS) is 11.8. The number of nitrogens with two attached hydrogens (primary N) is 1. The molecular formula is C13H13N3O. The summed E-state index contributed by atoms with van der Waals surface area (Å²) in [7, 11) is 0. The van der Waals surface area contributed by atoms with Gasteiger partial charge in [-0.05, 0) is 17.7 Å². The van der Waals surface area contributed by atoms with Crippen molar-refractivity contribution in [3.05, 3.63) is 60.4 Å². The number of nitrogens with zero attached hydrogens (tertiary/aromatic N) is 1. The van der Waals surface area contributed by atoms with Crippen molar-refractivity contribution >= 4 is 11.6 Å². The molecule has 1 heterocycles. The smallest absolute Gasteiger partial charge is 0.245 e. The lowest BCUT2D eigenvalue weighted by Crippen LogP contribution is -2.27. The molecule has 2 aromatic rings. The van der Waals surface area contributed by atoms with E-state index in [0.29, 0.717) is 5.69 Å². The Hall–Kier alpha value is -2.20. The molecular weight excluding hydrogens is 214 g/mol. The van der Waals surface area contributed by atoms with E-state index < -0.39 is 6.04 Å². The Balaban J connectivity index is 2.06. The molecule has 0 aliphatic carbocycles. The molecule has 1 aromatic carbocycles. The number of anilines is 1. The lowest BCUT2D eigenvalue weighted by atomic mass is 10.1. The lowest BCUT2D eigenvalue weighted by Gasteiger charge is -2.12. The molecule has 1 aromatic heterocycles. The third-order valence-electron chi connectivity index (χ3n) is 2.37. The van der Waals surface area contributed by atoms with Gasteiger partial charge in [0.2, 0.25) is 5.91 Å². The van der Waals surface area contributed by atoms with Crippen LogP contribution in [0.5, 0.6) is 0 Å². The maximum Gasteiger partial charge on any atom is 0.245 e. The zero-order chi connectivity index (χ0) is 12.1. The van der Waals surface area contributed by atoms with E-state index in [2.05, 4.69) is 10.3 Å². The molecule has 0 bridgehead atoms. The van der Waals surface area contributed by atoms with Gasteiger partial charge in [-0.3, -0.25) is 9.78 Å². The molecule has 1 atom stereocenters. The van der Waals surface area contributed by atoms with Crippen molar-refractivity contribution in [3.8, 4) is 0 Å². The van der Waals surface area contributed by atoms with Gasteiger partial charge in [0.15, 0.2) is 0 Å². The van der Waals surface area contributed by atoms with Crippen molar-refractivity contribution in [2.45, 2.75) is 6.04 Å². The Kier molecular flexibility index (Phi) is 3.47. The molecule has 0 spiro atoms. The average molecular weight is 227 g/mol. The number of rotatable bonds is 3. The van der Waals surface area contributed by atoms with Gasteiger partial charge in [-0.15, -0.1) is 0 Å². The second-order valence-corrected chi connectivity index (χ2v) is 3.62. The number of amides is 1. The summed E-state index contributed by atoms with van der Waals surface area (Å²) in [5.41, 5.74) is 7.28. The minimum absolute atomic E-state index is 0.246. The molecule has 17 heavy (non-hydrogen) atoms. The van der Waals surface area contributed by atoms with Crippen LogP contribution in [0.2, 0.25) is 0 Å². The van der Waals surface area contributed by atoms with E-state index in [1.807, 2.05) is 30.3 Å². The van der Waals surface area contributed by atoms with Crippen LogP contribution in [0.1, 0.15) is 11.6 Å². The van der Waals surface area contributed by atoms with Gasteiger partial charge in [-0.2, -0.15) is 0 Å². The van der Waals surface area contributed by atoms with E-state index in [0.717, 1.165) is 5.56 Å². The molecule has 0 radical (unpaired) electrons. The number of nitrogens with one attached hydrogen (secondary N) is 1. The van der Waals surface area contributed by atoms with Gasteiger partial charge in [0, 0.05) is 6.20 Å². The van der Waals surface area contributed by atoms with E-state index in [4.69, 9.17) is 5.73 Å². The SMILES string of the molecule is N[C@@H](C(=O)Nc1cccnc1)c1ccccc1. The second-order valence-electron chi connectivity index (χ2n) is 3.62. The number of pyridine rings is 1. The van der Waals surface area contributed by atoms with Crippen molar-refractivity contribution in [3.63, 3.8) is 0 Å². The van der Waals surface area contributed by atoms with Gasteiger partial charge in [0.05, 0.1) is 11.9 Å². The fraction of sp³-hybridized carbons (Fsp3) is 0.0769. The molecule has 2 rings (SSSR count). The number of hydrogen-bond donors (Lipinski definition) is 2. The minimum Gasteiger partial charge on any atom is -0.323 e. The minimum atomic E-state index is -0.670. The highest BCUT2D eigenvalue weighted by atomic mass is 16.2. The van der Waals surface area contributed by atoms with Crippen LogP contribution in [0.4, 0.5) is 5.69 Å². The summed E-state index contributed by atoms with van der Waals surface area (Å²) >= 11 is 0. The van der Waals surface area contributed by atoms with E-state index in [-0.39, 0.29) is 5.91 Å². The predicted molar refractivity (Wildman–Crippen MR) is 66.2 cm³/mol. The van der Waals surface area contributed by atoms with E-state index in [1.54, 1.807) is 24.5 Å². The Labute approximate surface area is 99.5 Å². The summed E-state index contributed by atoms with van der Waals surface area (Å²) in [6, 6.07) is 12.1. The molecule has 4 nitrogen and oxygen atoms in total. The highest BCUT2D eigenvalue weighted by Crippen LogP contribution is 2.12. The molecule has 0 saturated heterocycles. The Morgan fingerprint density at radius 2 is 1.94 bits per heavy atom. The summed E-state index contributed by atoms with van der Waals surface area (Å²) in [6.45, 7) is 0. The van der Waals surface area contributed by atoms with E-state index in [9.17, 15) is 4.79 Å². The van der Waals surface area contributed by atoms with Crippen LogP contribution in [0.15, 0.2) is 54.9 Å². The molecule has 0 saturated carbocycles. The maximum atomic E-state index is 11.8. The molecule has 4 heteroatoms. The maximum absolute atomic E-state index is 11.8. The standard InChI is InChI=1S/C13H13N3O/c14-12(10-5-2-1-3-6-10)13(17)16-11-7-4-8-15-9-11/h1-9,12H,14H2,(H,16,17)/t12-/m1/s1. The highest BCUT2D eigenvalue weighted by molar-refractivity contribution is 5.95. The predicted octanol–water partition coefficient (Wildman–Crippen LogP) is 1.72. The van der Waals surface area contributed by atoms with E-state index >= 15 is 0 Å². The van der Waals surface area contributed by atoms with Gasteiger partial charge in [-0.25, -0.2) is 0 Å². The van der Waals surface area contributed by atoms with Crippen LogP contribution in [0, 0.1) is 0 Å².